The second-order valence-corrected chi connectivity index (χ2v) is 6.69. The van der Waals surface area contributed by atoms with Crippen LogP contribution in [0.1, 0.15) is 31.0 Å². The molecule has 2 unspecified atom stereocenters. The molecule has 0 saturated heterocycles. The number of hydrogen-bond donors (Lipinski definition) is 1. The number of amides is 1. The fourth-order valence-electron chi connectivity index (χ4n) is 2.87. The Bertz CT molecular complexity index is 1050. The standard InChI is InChI=1S/C18H15ClF2N6O/c1-10(26-16(28)18(2,20)21)15(13-7-23-17(19)24-8-13)27-14-4-3-11(6-22)5-12(14)9-25-27/h3-5,7-10,15H,1-2H3,(H,26,28). The van der Waals surface area contributed by atoms with Crippen LogP contribution in [0.25, 0.3) is 10.9 Å². The summed E-state index contributed by atoms with van der Waals surface area (Å²) < 4.78 is 28.3. The third kappa shape index (κ3) is 3.92. The molecule has 0 aliphatic heterocycles. The molecule has 1 amide bonds. The van der Waals surface area contributed by atoms with Gasteiger partial charge in [0.05, 0.1) is 29.4 Å². The monoisotopic (exact) mass is 404 g/mol. The molecule has 0 radical (unpaired) electrons. The molecule has 3 rings (SSSR count). The van der Waals surface area contributed by atoms with Gasteiger partial charge in [-0.1, -0.05) is 0 Å². The average molecular weight is 405 g/mol. The third-order valence-corrected chi connectivity index (χ3v) is 4.40. The van der Waals surface area contributed by atoms with Crippen molar-refractivity contribution in [1.82, 2.24) is 25.1 Å². The summed E-state index contributed by atoms with van der Waals surface area (Å²) in [5, 5.41) is 16.4. The van der Waals surface area contributed by atoms with Gasteiger partial charge in [-0.3, -0.25) is 9.48 Å². The first kappa shape index (κ1) is 19.6. The van der Waals surface area contributed by atoms with E-state index in [9.17, 15) is 13.6 Å². The molecular weight excluding hydrogens is 390 g/mol. The first-order valence-electron chi connectivity index (χ1n) is 8.24. The average Bonchev–Trinajstić information content (AvgIpc) is 3.05. The Morgan fingerprint density at radius 3 is 2.61 bits per heavy atom. The summed E-state index contributed by atoms with van der Waals surface area (Å²) >= 11 is 5.75. The van der Waals surface area contributed by atoms with Gasteiger partial charge in [-0.25, -0.2) is 9.97 Å². The molecular formula is C18H15ClF2N6O. The van der Waals surface area contributed by atoms with E-state index in [0.29, 0.717) is 29.0 Å². The molecule has 0 aliphatic carbocycles. The van der Waals surface area contributed by atoms with Crippen LogP contribution in [0.4, 0.5) is 8.78 Å². The van der Waals surface area contributed by atoms with E-state index in [2.05, 4.69) is 20.4 Å². The molecule has 28 heavy (non-hydrogen) atoms. The van der Waals surface area contributed by atoms with Gasteiger partial charge in [0.25, 0.3) is 5.91 Å². The highest BCUT2D eigenvalue weighted by molar-refractivity contribution is 6.28. The number of alkyl halides is 2. The zero-order valence-electron chi connectivity index (χ0n) is 14.9. The molecule has 3 aromatic rings. The van der Waals surface area contributed by atoms with Gasteiger partial charge in [-0.05, 0) is 36.7 Å². The molecule has 2 aromatic heterocycles. The lowest BCUT2D eigenvalue weighted by molar-refractivity contribution is -0.143. The quantitative estimate of drug-likeness (QED) is 0.659. The Morgan fingerprint density at radius 2 is 2.00 bits per heavy atom. The molecule has 7 nitrogen and oxygen atoms in total. The Morgan fingerprint density at radius 1 is 1.32 bits per heavy atom. The third-order valence-electron chi connectivity index (χ3n) is 4.20. The summed E-state index contributed by atoms with van der Waals surface area (Å²) in [5.41, 5.74) is 1.64. The number of halogens is 3. The predicted octanol–water partition coefficient (Wildman–Crippen LogP) is 3.10. The van der Waals surface area contributed by atoms with Crippen molar-refractivity contribution in [2.45, 2.75) is 31.9 Å². The Balaban J connectivity index is 2.08. The zero-order chi connectivity index (χ0) is 20.5. The molecule has 10 heteroatoms. The number of nitriles is 1. The number of carbonyl (C=O) groups excluding carboxylic acids is 1. The van der Waals surface area contributed by atoms with Crippen LogP contribution in [0.5, 0.6) is 0 Å². The number of hydrogen-bond acceptors (Lipinski definition) is 5. The van der Waals surface area contributed by atoms with E-state index >= 15 is 0 Å². The van der Waals surface area contributed by atoms with Crippen LogP contribution in [0.2, 0.25) is 5.28 Å². The summed E-state index contributed by atoms with van der Waals surface area (Å²) in [6.45, 7) is 2.11. The van der Waals surface area contributed by atoms with Crippen LogP contribution in [-0.2, 0) is 4.79 Å². The van der Waals surface area contributed by atoms with Crippen molar-refractivity contribution < 1.29 is 13.6 Å². The molecule has 0 saturated carbocycles. The summed E-state index contributed by atoms with van der Waals surface area (Å²) in [4.78, 5) is 19.7. The van der Waals surface area contributed by atoms with E-state index in [0.717, 1.165) is 0 Å². The predicted molar refractivity (Wildman–Crippen MR) is 97.9 cm³/mol. The topological polar surface area (TPSA) is 96.5 Å². The minimum absolute atomic E-state index is 0.0308. The highest BCUT2D eigenvalue weighted by Crippen LogP contribution is 2.27. The van der Waals surface area contributed by atoms with Crippen LogP contribution < -0.4 is 5.32 Å². The lowest BCUT2D eigenvalue weighted by Gasteiger charge is -2.27. The van der Waals surface area contributed by atoms with Crippen molar-refractivity contribution >= 4 is 28.4 Å². The molecule has 0 spiro atoms. The molecule has 2 heterocycles. The minimum Gasteiger partial charge on any atom is -0.346 e. The SMILES string of the molecule is CC(NC(=O)C(C)(F)F)C(c1cnc(Cl)nc1)n1ncc2cc(C#N)ccc21. The van der Waals surface area contributed by atoms with Gasteiger partial charge in [-0.2, -0.15) is 19.1 Å². The first-order valence-corrected chi connectivity index (χ1v) is 8.62. The second-order valence-electron chi connectivity index (χ2n) is 6.36. The van der Waals surface area contributed by atoms with Crippen LogP contribution in [0.3, 0.4) is 0 Å². The van der Waals surface area contributed by atoms with Gasteiger partial charge >= 0.3 is 5.92 Å². The zero-order valence-corrected chi connectivity index (χ0v) is 15.7. The van der Waals surface area contributed by atoms with Crippen LogP contribution in [-0.4, -0.2) is 37.6 Å². The van der Waals surface area contributed by atoms with Crippen LogP contribution in [0, 0.1) is 11.3 Å². The van der Waals surface area contributed by atoms with Gasteiger partial charge in [0.2, 0.25) is 5.28 Å². The van der Waals surface area contributed by atoms with Crippen molar-refractivity contribution in [3.63, 3.8) is 0 Å². The van der Waals surface area contributed by atoms with Crippen molar-refractivity contribution in [1.29, 1.82) is 5.26 Å². The smallest absolute Gasteiger partial charge is 0.321 e. The van der Waals surface area contributed by atoms with E-state index in [1.54, 1.807) is 36.0 Å². The number of fused-ring (bicyclic) bond motifs is 1. The summed E-state index contributed by atoms with van der Waals surface area (Å²) in [6.07, 6.45) is 4.46. The minimum atomic E-state index is -3.52. The van der Waals surface area contributed by atoms with Crippen LogP contribution >= 0.6 is 11.6 Å². The second kappa shape index (κ2) is 7.48. The Hall–Kier alpha value is -3.12. The largest absolute Gasteiger partial charge is 0.346 e. The van der Waals surface area contributed by atoms with E-state index in [4.69, 9.17) is 16.9 Å². The van der Waals surface area contributed by atoms with Gasteiger partial charge in [-0.15, -0.1) is 0 Å². The van der Waals surface area contributed by atoms with E-state index in [1.165, 1.54) is 12.4 Å². The molecule has 0 fully saturated rings. The van der Waals surface area contributed by atoms with Crippen molar-refractivity contribution in [2.75, 3.05) is 0 Å². The highest BCUT2D eigenvalue weighted by atomic mass is 35.5. The Labute approximate surface area is 164 Å². The molecule has 0 bridgehead atoms. The molecule has 144 valence electrons. The number of carbonyl (C=O) groups is 1. The van der Waals surface area contributed by atoms with Gasteiger partial charge in [0.15, 0.2) is 0 Å². The maximum Gasteiger partial charge on any atom is 0.321 e. The Kier molecular flexibility index (Phi) is 5.25. The fourth-order valence-corrected chi connectivity index (χ4v) is 2.97. The number of rotatable bonds is 5. The van der Waals surface area contributed by atoms with Crippen molar-refractivity contribution in [3.05, 3.63) is 53.2 Å². The molecule has 2 atom stereocenters. The van der Waals surface area contributed by atoms with Crippen molar-refractivity contribution in [3.8, 4) is 6.07 Å². The maximum atomic E-state index is 13.4. The first-order chi connectivity index (χ1) is 13.2. The van der Waals surface area contributed by atoms with Gasteiger partial charge in [0, 0.05) is 30.3 Å². The summed E-state index contributed by atoms with van der Waals surface area (Å²) in [7, 11) is 0. The van der Waals surface area contributed by atoms with Gasteiger partial charge < -0.3 is 5.32 Å². The number of nitrogens with one attached hydrogen (secondary N) is 1. The lowest BCUT2D eigenvalue weighted by atomic mass is 10.0. The highest BCUT2D eigenvalue weighted by Gasteiger charge is 2.35. The van der Waals surface area contributed by atoms with Crippen molar-refractivity contribution in [2.24, 2.45) is 0 Å². The fraction of sp³-hybridized carbons (Fsp3) is 0.278. The normalized spacial score (nSPS) is 13.7. The summed E-state index contributed by atoms with van der Waals surface area (Å²) in [5.74, 6) is -4.92. The van der Waals surface area contributed by atoms with E-state index < -0.39 is 23.9 Å². The summed E-state index contributed by atoms with van der Waals surface area (Å²) in [6, 6.07) is 5.58. The van der Waals surface area contributed by atoms with E-state index in [1.807, 2.05) is 6.07 Å². The molecule has 1 aromatic carbocycles. The lowest BCUT2D eigenvalue weighted by Crippen LogP contribution is -2.46. The van der Waals surface area contributed by atoms with Gasteiger partial charge in [0.1, 0.15) is 6.04 Å². The maximum absolute atomic E-state index is 13.4. The molecule has 1 N–H and O–H groups in total. The van der Waals surface area contributed by atoms with Crippen LogP contribution in [0.15, 0.2) is 36.8 Å². The van der Waals surface area contributed by atoms with E-state index in [-0.39, 0.29) is 5.28 Å². The number of nitrogens with zero attached hydrogens (tertiary/aromatic N) is 5. The molecule has 0 aliphatic rings. The number of aromatic nitrogens is 4. The number of benzene rings is 1.